The van der Waals surface area contributed by atoms with Gasteiger partial charge in [-0.1, -0.05) is 45.1 Å². The molecule has 4 nitrogen and oxygen atoms in total. The predicted octanol–water partition coefficient (Wildman–Crippen LogP) is 6.11. The lowest BCUT2D eigenvalue weighted by molar-refractivity contribution is -0.0365. The fourth-order valence-corrected chi connectivity index (χ4v) is 7.21. The molecule has 3 N–H and O–H groups in total. The highest BCUT2D eigenvalue weighted by Crippen LogP contribution is 2.58. The maximum atomic E-state index is 10.5. The van der Waals surface area contributed by atoms with Gasteiger partial charge < -0.3 is 20.1 Å². The molecule has 3 fully saturated rings. The first kappa shape index (κ1) is 27.6. The van der Waals surface area contributed by atoms with E-state index in [1.54, 1.807) is 5.57 Å². The van der Waals surface area contributed by atoms with Crippen LogP contribution in [0.25, 0.3) is 0 Å². The van der Waals surface area contributed by atoms with E-state index < -0.39 is 5.60 Å². The zero-order valence-electron chi connectivity index (χ0n) is 22.2. The van der Waals surface area contributed by atoms with Crippen molar-refractivity contribution in [2.45, 2.75) is 116 Å². The van der Waals surface area contributed by atoms with Gasteiger partial charge in [0.1, 0.15) is 0 Å². The molecule has 0 heterocycles. The Labute approximate surface area is 208 Å². The summed E-state index contributed by atoms with van der Waals surface area (Å²) in [4.78, 5) is 0. The van der Waals surface area contributed by atoms with Crippen molar-refractivity contribution < 1.29 is 20.1 Å². The Balaban J connectivity index is 1.63. The third kappa shape index (κ3) is 6.06. The van der Waals surface area contributed by atoms with Gasteiger partial charge in [0.05, 0.1) is 24.4 Å². The second-order valence-corrected chi connectivity index (χ2v) is 11.6. The standard InChI is InChI=1S/C30H50O4/c1-6-30(33,7-2)16-9-17-34-22(4)27-13-14-28-23(10-8-15-29(27,28)5)11-12-24-18-26(32)19-25(20-31)21(24)3/h11-12,22,25-28,31-33H,3,6-10,13-20H2,1-2,4-5H3/b23-11+,24-12-/t22-,25+,26+,27+,28-,29+/m0/s1. The monoisotopic (exact) mass is 474 g/mol. The van der Waals surface area contributed by atoms with Crippen molar-refractivity contribution in [1.29, 1.82) is 0 Å². The van der Waals surface area contributed by atoms with Gasteiger partial charge in [-0.25, -0.2) is 0 Å². The number of hydrogen-bond donors (Lipinski definition) is 3. The van der Waals surface area contributed by atoms with Gasteiger partial charge >= 0.3 is 0 Å². The minimum Gasteiger partial charge on any atom is -0.396 e. The Hall–Kier alpha value is -0.940. The molecule has 6 atom stereocenters. The molecule has 0 spiro atoms. The molecular formula is C30H50O4. The van der Waals surface area contributed by atoms with Crippen LogP contribution in [0.1, 0.15) is 98.3 Å². The maximum absolute atomic E-state index is 10.5. The van der Waals surface area contributed by atoms with Crippen molar-refractivity contribution in [3.63, 3.8) is 0 Å². The molecule has 34 heavy (non-hydrogen) atoms. The minimum atomic E-state index is -0.536. The van der Waals surface area contributed by atoms with E-state index in [-0.39, 0.29) is 30.1 Å². The summed E-state index contributed by atoms with van der Waals surface area (Å²) in [6.07, 6.45) is 15.0. The number of aliphatic hydroxyl groups is 3. The zero-order valence-corrected chi connectivity index (χ0v) is 22.2. The third-order valence-electron chi connectivity index (χ3n) is 9.72. The molecule has 3 rings (SSSR count). The number of hydrogen-bond acceptors (Lipinski definition) is 4. The zero-order chi connectivity index (χ0) is 24.9. The molecule has 0 aromatic carbocycles. The first-order valence-electron chi connectivity index (χ1n) is 13.9. The highest BCUT2D eigenvalue weighted by Gasteiger charge is 2.51. The van der Waals surface area contributed by atoms with E-state index in [1.807, 2.05) is 0 Å². The lowest BCUT2D eigenvalue weighted by Crippen LogP contribution is -2.39. The fraction of sp³-hybridized carbons (Fsp3) is 0.800. The Morgan fingerprint density at radius 2 is 1.97 bits per heavy atom. The van der Waals surface area contributed by atoms with Crippen LogP contribution in [0.3, 0.4) is 0 Å². The number of rotatable bonds is 10. The average molecular weight is 475 g/mol. The molecule has 194 valence electrons. The Morgan fingerprint density at radius 3 is 2.65 bits per heavy atom. The van der Waals surface area contributed by atoms with Crippen LogP contribution < -0.4 is 0 Å². The van der Waals surface area contributed by atoms with Gasteiger partial charge in [0.2, 0.25) is 0 Å². The summed E-state index contributed by atoms with van der Waals surface area (Å²) < 4.78 is 6.36. The van der Waals surface area contributed by atoms with Crippen LogP contribution in [0.5, 0.6) is 0 Å². The first-order valence-corrected chi connectivity index (χ1v) is 13.9. The SMILES string of the molecule is C=C1/C(=C\C=C2/CCC[C@]3(C)[C@@H]([C@H](C)OCCCC(O)(CC)CC)CC[C@@H]23)C[C@@H](O)C[C@@H]1CO. The lowest BCUT2D eigenvalue weighted by atomic mass is 9.62. The Morgan fingerprint density at radius 1 is 1.24 bits per heavy atom. The highest BCUT2D eigenvalue weighted by atomic mass is 16.5. The van der Waals surface area contributed by atoms with Crippen LogP contribution in [-0.4, -0.2) is 46.3 Å². The summed E-state index contributed by atoms with van der Waals surface area (Å²) in [5.74, 6) is 1.13. The van der Waals surface area contributed by atoms with E-state index in [0.717, 1.165) is 49.9 Å². The highest BCUT2D eigenvalue weighted by molar-refractivity contribution is 5.38. The third-order valence-corrected chi connectivity index (χ3v) is 9.72. The van der Waals surface area contributed by atoms with Gasteiger partial charge in [-0.3, -0.25) is 0 Å². The summed E-state index contributed by atoms with van der Waals surface area (Å²) in [5.41, 5.74) is 3.37. The van der Waals surface area contributed by atoms with Crippen molar-refractivity contribution in [1.82, 2.24) is 0 Å². The molecule has 4 heteroatoms. The fourth-order valence-electron chi connectivity index (χ4n) is 7.21. The van der Waals surface area contributed by atoms with Crippen LogP contribution in [0.4, 0.5) is 0 Å². The molecular weight excluding hydrogens is 424 g/mol. The lowest BCUT2D eigenvalue weighted by Gasteiger charge is -2.44. The molecule has 0 aromatic heterocycles. The van der Waals surface area contributed by atoms with Crippen LogP contribution in [0.15, 0.2) is 35.5 Å². The van der Waals surface area contributed by atoms with Crippen LogP contribution in [0.2, 0.25) is 0 Å². The van der Waals surface area contributed by atoms with Crippen molar-refractivity contribution in [3.8, 4) is 0 Å². The molecule has 0 amide bonds. The Bertz CT molecular complexity index is 749. The number of allylic oxidation sites excluding steroid dienone is 3. The van der Waals surface area contributed by atoms with E-state index in [1.165, 1.54) is 25.7 Å². The maximum Gasteiger partial charge on any atom is 0.0643 e. The topological polar surface area (TPSA) is 69.9 Å². The summed E-state index contributed by atoms with van der Waals surface area (Å²) in [6.45, 7) is 13.9. The normalized spacial score (nSPS) is 35.7. The van der Waals surface area contributed by atoms with E-state index in [9.17, 15) is 15.3 Å². The predicted molar refractivity (Wildman–Crippen MR) is 139 cm³/mol. The van der Waals surface area contributed by atoms with Crippen molar-refractivity contribution in [2.24, 2.45) is 23.2 Å². The van der Waals surface area contributed by atoms with Gasteiger partial charge in [-0.05, 0) is 106 Å². The molecule has 0 aliphatic heterocycles. The molecule has 3 saturated carbocycles. The van der Waals surface area contributed by atoms with Gasteiger partial charge in [0, 0.05) is 12.5 Å². The van der Waals surface area contributed by atoms with Crippen LogP contribution in [-0.2, 0) is 4.74 Å². The summed E-state index contributed by atoms with van der Waals surface area (Å²) >= 11 is 0. The molecule has 3 aliphatic carbocycles. The second kappa shape index (κ2) is 11.9. The van der Waals surface area contributed by atoms with Gasteiger partial charge in [0.15, 0.2) is 0 Å². The van der Waals surface area contributed by atoms with E-state index in [2.05, 4.69) is 46.4 Å². The number of ether oxygens (including phenoxy) is 1. The minimum absolute atomic E-state index is 0.0236. The molecule has 0 saturated heterocycles. The van der Waals surface area contributed by atoms with Gasteiger partial charge in [-0.2, -0.15) is 0 Å². The first-order chi connectivity index (χ1) is 16.2. The van der Waals surface area contributed by atoms with Gasteiger partial charge in [0.25, 0.3) is 0 Å². The molecule has 0 unspecified atom stereocenters. The molecule has 0 bridgehead atoms. The summed E-state index contributed by atoms with van der Waals surface area (Å²) in [7, 11) is 0. The average Bonchev–Trinajstić information content (AvgIpc) is 3.19. The van der Waals surface area contributed by atoms with Gasteiger partial charge in [-0.15, -0.1) is 0 Å². The smallest absolute Gasteiger partial charge is 0.0643 e. The second-order valence-electron chi connectivity index (χ2n) is 11.6. The number of fused-ring (bicyclic) bond motifs is 1. The van der Waals surface area contributed by atoms with E-state index >= 15 is 0 Å². The molecule has 0 radical (unpaired) electrons. The molecule has 3 aliphatic rings. The van der Waals surface area contributed by atoms with E-state index in [0.29, 0.717) is 24.7 Å². The van der Waals surface area contributed by atoms with Crippen molar-refractivity contribution in [2.75, 3.05) is 13.2 Å². The van der Waals surface area contributed by atoms with E-state index in [4.69, 9.17) is 4.74 Å². The number of aliphatic hydroxyl groups excluding tert-OH is 2. The quantitative estimate of drug-likeness (QED) is 0.334. The van der Waals surface area contributed by atoms with Crippen LogP contribution >= 0.6 is 0 Å². The molecule has 0 aromatic rings. The Kier molecular flexibility index (Phi) is 9.65. The van der Waals surface area contributed by atoms with Crippen LogP contribution in [0, 0.1) is 23.2 Å². The summed E-state index contributed by atoms with van der Waals surface area (Å²) in [5, 5.41) is 30.4. The van der Waals surface area contributed by atoms with Crippen molar-refractivity contribution >= 4 is 0 Å². The largest absolute Gasteiger partial charge is 0.396 e. The van der Waals surface area contributed by atoms with Crippen molar-refractivity contribution in [3.05, 3.63) is 35.5 Å². The summed E-state index contributed by atoms with van der Waals surface area (Å²) in [6, 6.07) is 0.